The molecule has 2 rings (SSSR count). The third-order valence-corrected chi connectivity index (χ3v) is 2.64. The number of aryl methyl sites for hydroxylation is 2. The first kappa shape index (κ1) is 11.6. The number of hydrogen-bond donors (Lipinski definition) is 1. The van der Waals surface area contributed by atoms with Crippen LogP contribution in [0, 0.1) is 0 Å². The Morgan fingerprint density at radius 2 is 2.06 bits per heavy atom. The summed E-state index contributed by atoms with van der Waals surface area (Å²) in [4.78, 5) is 0. The van der Waals surface area contributed by atoms with E-state index in [9.17, 15) is 0 Å². The zero-order valence-corrected chi connectivity index (χ0v) is 9.71. The highest BCUT2D eigenvalue weighted by Crippen LogP contribution is 2.12. The molecule has 1 heterocycles. The second kappa shape index (κ2) is 5.45. The van der Waals surface area contributed by atoms with E-state index in [0.717, 1.165) is 18.7 Å². The van der Waals surface area contributed by atoms with Gasteiger partial charge < -0.3 is 14.4 Å². The van der Waals surface area contributed by atoms with Crippen molar-refractivity contribution >= 4 is 0 Å². The van der Waals surface area contributed by atoms with E-state index in [1.54, 1.807) is 13.4 Å². The lowest BCUT2D eigenvalue weighted by atomic mass is 10.1. The van der Waals surface area contributed by atoms with E-state index < -0.39 is 0 Å². The van der Waals surface area contributed by atoms with E-state index in [4.69, 9.17) is 9.84 Å². The van der Waals surface area contributed by atoms with Gasteiger partial charge in [0.05, 0.1) is 7.11 Å². The average molecular weight is 233 g/mol. The minimum absolute atomic E-state index is 0.0807. The van der Waals surface area contributed by atoms with Gasteiger partial charge in [-0.2, -0.15) is 0 Å². The lowest BCUT2D eigenvalue weighted by molar-refractivity contribution is 0.264. The number of benzene rings is 1. The molecular weight excluding hydrogens is 218 g/mol. The molecule has 5 nitrogen and oxygen atoms in total. The molecule has 0 saturated carbocycles. The van der Waals surface area contributed by atoms with E-state index in [1.165, 1.54) is 5.56 Å². The van der Waals surface area contributed by atoms with Gasteiger partial charge in [0.25, 0.3) is 0 Å². The number of nitrogens with zero attached hydrogens (tertiary/aromatic N) is 3. The van der Waals surface area contributed by atoms with Crippen LogP contribution in [0.1, 0.15) is 11.4 Å². The summed E-state index contributed by atoms with van der Waals surface area (Å²) in [5, 5.41) is 16.6. The minimum Gasteiger partial charge on any atom is -0.497 e. The molecule has 90 valence electrons. The zero-order valence-electron chi connectivity index (χ0n) is 9.71. The van der Waals surface area contributed by atoms with Crippen molar-refractivity contribution in [2.24, 2.45) is 0 Å². The largest absolute Gasteiger partial charge is 0.497 e. The summed E-state index contributed by atoms with van der Waals surface area (Å²) in [7, 11) is 1.65. The first-order chi connectivity index (χ1) is 8.33. The standard InChI is InChI=1S/C12H15N3O2/c1-17-11-4-2-10(3-5-11)6-7-15-9-13-14-12(15)8-16/h2-5,9,16H,6-8H2,1H3. The van der Waals surface area contributed by atoms with Crippen LogP contribution in [-0.2, 0) is 19.6 Å². The van der Waals surface area contributed by atoms with E-state index >= 15 is 0 Å². The van der Waals surface area contributed by atoms with Gasteiger partial charge in [-0.3, -0.25) is 0 Å². The lowest BCUT2D eigenvalue weighted by Crippen LogP contribution is -2.05. The molecule has 0 spiro atoms. The first-order valence-corrected chi connectivity index (χ1v) is 5.44. The van der Waals surface area contributed by atoms with Gasteiger partial charge in [0.1, 0.15) is 18.7 Å². The van der Waals surface area contributed by atoms with Crippen molar-refractivity contribution in [3.8, 4) is 5.75 Å². The van der Waals surface area contributed by atoms with Gasteiger partial charge in [-0.05, 0) is 24.1 Å². The SMILES string of the molecule is COc1ccc(CCn2cnnc2CO)cc1. The molecule has 0 saturated heterocycles. The average Bonchev–Trinajstić information content (AvgIpc) is 2.84. The molecule has 0 fully saturated rings. The lowest BCUT2D eigenvalue weighted by Gasteiger charge is -2.06. The predicted octanol–water partition coefficient (Wildman–Crippen LogP) is 1.02. The minimum atomic E-state index is -0.0807. The van der Waals surface area contributed by atoms with Crippen molar-refractivity contribution in [2.75, 3.05) is 7.11 Å². The number of aliphatic hydroxyl groups excluding tert-OH is 1. The van der Waals surface area contributed by atoms with Crippen molar-refractivity contribution in [1.29, 1.82) is 0 Å². The molecular formula is C12H15N3O2. The zero-order chi connectivity index (χ0) is 12.1. The normalized spacial score (nSPS) is 10.5. The maximum atomic E-state index is 9.03. The van der Waals surface area contributed by atoms with Crippen LogP contribution in [0.15, 0.2) is 30.6 Å². The topological polar surface area (TPSA) is 60.2 Å². The molecule has 1 N–H and O–H groups in total. The molecule has 0 bridgehead atoms. The summed E-state index contributed by atoms with van der Waals surface area (Å²) >= 11 is 0. The summed E-state index contributed by atoms with van der Waals surface area (Å²) in [6, 6.07) is 7.94. The number of methoxy groups -OCH3 is 1. The maximum Gasteiger partial charge on any atom is 0.158 e. The molecule has 5 heteroatoms. The summed E-state index contributed by atoms with van der Waals surface area (Å²) in [6.45, 7) is 0.678. The van der Waals surface area contributed by atoms with Crippen molar-refractivity contribution < 1.29 is 9.84 Å². The summed E-state index contributed by atoms with van der Waals surface area (Å²) in [5.74, 6) is 1.45. The van der Waals surface area contributed by atoms with Crippen LogP contribution >= 0.6 is 0 Å². The quantitative estimate of drug-likeness (QED) is 0.837. The van der Waals surface area contributed by atoms with E-state index in [1.807, 2.05) is 28.8 Å². The monoisotopic (exact) mass is 233 g/mol. The number of aliphatic hydroxyl groups is 1. The Kier molecular flexibility index (Phi) is 3.72. The molecule has 17 heavy (non-hydrogen) atoms. The fraction of sp³-hybridized carbons (Fsp3) is 0.333. The summed E-state index contributed by atoms with van der Waals surface area (Å²) < 4.78 is 6.95. The van der Waals surface area contributed by atoms with Crippen LogP contribution < -0.4 is 4.74 Å². The highest BCUT2D eigenvalue weighted by atomic mass is 16.5. The second-order valence-corrected chi connectivity index (χ2v) is 3.70. The van der Waals surface area contributed by atoms with Gasteiger partial charge in [-0.15, -0.1) is 10.2 Å². The van der Waals surface area contributed by atoms with Crippen molar-refractivity contribution in [3.05, 3.63) is 42.0 Å². The van der Waals surface area contributed by atoms with Gasteiger partial charge in [0.15, 0.2) is 5.82 Å². The van der Waals surface area contributed by atoms with Crippen LogP contribution in [0.3, 0.4) is 0 Å². The fourth-order valence-corrected chi connectivity index (χ4v) is 1.63. The predicted molar refractivity (Wildman–Crippen MR) is 62.6 cm³/mol. The summed E-state index contributed by atoms with van der Waals surface area (Å²) in [6.07, 6.45) is 2.50. The molecule has 0 radical (unpaired) electrons. The molecule has 1 aromatic carbocycles. The van der Waals surface area contributed by atoms with Gasteiger partial charge in [0, 0.05) is 6.54 Å². The Labute approximate surface area is 99.7 Å². The number of rotatable bonds is 5. The molecule has 1 aromatic heterocycles. The number of ether oxygens (including phenoxy) is 1. The Hall–Kier alpha value is -1.88. The Morgan fingerprint density at radius 3 is 2.71 bits per heavy atom. The smallest absolute Gasteiger partial charge is 0.158 e. The van der Waals surface area contributed by atoms with Gasteiger partial charge in [-0.1, -0.05) is 12.1 Å². The third-order valence-electron chi connectivity index (χ3n) is 2.64. The van der Waals surface area contributed by atoms with Crippen LogP contribution in [0.5, 0.6) is 5.75 Å². The molecule has 2 aromatic rings. The number of hydrogen-bond acceptors (Lipinski definition) is 4. The fourth-order valence-electron chi connectivity index (χ4n) is 1.63. The molecule has 0 atom stereocenters. The van der Waals surface area contributed by atoms with Gasteiger partial charge >= 0.3 is 0 Å². The van der Waals surface area contributed by atoms with E-state index in [-0.39, 0.29) is 6.61 Å². The van der Waals surface area contributed by atoms with E-state index in [2.05, 4.69) is 10.2 Å². The molecule has 0 unspecified atom stereocenters. The van der Waals surface area contributed by atoms with Gasteiger partial charge in [0.2, 0.25) is 0 Å². The molecule has 0 amide bonds. The molecule has 0 aliphatic heterocycles. The second-order valence-electron chi connectivity index (χ2n) is 3.70. The van der Waals surface area contributed by atoms with Crippen LogP contribution in [0.4, 0.5) is 0 Å². The first-order valence-electron chi connectivity index (χ1n) is 5.44. The van der Waals surface area contributed by atoms with Crippen molar-refractivity contribution in [3.63, 3.8) is 0 Å². The Balaban J connectivity index is 1.97. The Bertz CT molecular complexity index is 465. The van der Waals surface area contributed by atoms with Crippen LogP contribution in [0.25, 0.3) is 0 Å². The number of aromatic nitrogens is 3. The molecule has 0 aliphatic rings. The van der Waals surface area contributed by atoms with Gasteiger partial charge in [-0.25, -0.2) is 0 Å². The van der Waals surface area contributed by atoms with Crippen molar-refractivity contribution in [2.45, 2.75) is 19.6 Å². The van der Waals surface area contributed by atoms with Crippen LogP contribution in [0.2, 0.25) is 0 Å². The molecule has 0 aliphatic carbocycles. The summed E-state index contributed by atoms with van der Waals surface area (Å²) in [5.41, 5.74) is 1.21. The van der Waals surface area contributed by atoms with Crippen LogP contribution in [-0.4, -0.2) is 27.0 Å². The maximum absolute atomic E-state index is 9.03. The highest BCUT2D eigenvalue weighted by molar-refractivity contribution is 5.27. The third kappa shape index (κ3) is 2.82. The highest BCUT2D eigenvalue weighted by Gasteiger charge is 2.02. The van der Waals surface area contributed by atoms with Crippen molar-refractivity contribution in [1.82, 2.24) is 14.8 Å². The van der Waals surface area contributed by atoms with E-state index in [0.29, 0.717) is 5.82 Å². The Morgan fingerprint density at radius 1 is 1.29 bits per heavy atom.